The molecular formula is C14H19N5O. The zero-order valence-corrected chi connectivity index (χ0v) is 11.7. The Labute approximate surface area is 118 Å². The van der Waals surface area contributed by atoms with Gasteiger partial charge in [-0.25, -0.2) is 4.98 Å². The zero-order valence-electron chi connectivity index (χ0n) is 11.7. The minimum Gasteiger partial charge on any atom is -0.399 e. The lowest BCUT2D eigenvalue weighted by Gasteiger charge is -2.15. The second-order valence-electron chi connectivity index (χ2n) is 4.76. The lowest BCUT2D eigenvalue weighted by molar-refractivity contribution is 0.0828. The van der Waals surface area contributed by atoms with Gasteiger partial charge in [0, 0.05) is 50.3 Å². The summed E-state index contributed by atoms with van der Waals surface area (Å²) in [6.45, 7) is 0.694. The molecule has 4 N–H and O–H groups in total. The Morgan fingerprint density at radius 3 is 2.90 bits per heavy atom. The normalized spacial score (nSPS) is 10.3. The molecule has 2 rings (SSSR count). The van der Waals surface area contributed by atoms with Gasteiger partial charge in [0.2, 0.25) is 0 Å². The van der Waals surface area contributed by atoms with Crippen LogP contribution in [0.1, 0.15) is 16.1 Å². The first-order valence-electron chi connectivity index (χ1n) is 6.40. The van der Waals surface area contributed by atoms with Crippen molar-refractivity contribution in [1.82, 2.24) is 14.9 Å². The van der Waals surface area contributed by atoms with Crippen molar-refractivity contribution >= 4 is 17.3 Å². The number of rotatable bonds is 5. The maximum Gasteiger partial charge on any atom is 0.255 e. The molecule has 6 heteroatoms. The van der Waals surface area contributed by atoms with Crippen LogP contribution in [0.2, 0.25) is 0 Å². The Morgan fingerprint density at radius 1 is 1.45 bits per heavy atom. The van der Waals surface area contributed by atoms with Gasteiger partial charge < -0.3 is 20.9 Å². The average Bonchev–Trinajstić information content (AvgIpc) is 2.91. The zero-order chi connectivity index (χ0) is 14.5. The van der Waals surface area contributed by atoms with Crippen molar-refractivity contribution in [3.63, 3.8) is 0 Å². The molecule has 0 saturated heterocycles. The van der Waals surface area contributed by atoms with Gasteiger partial charge in [0.05, 0.1) is 11.9 Å². The number of amides is 1. The Hall–Kier alpha value is -2.50. The third-order valence-corrected chi connectivity index (χ3v) is 2.94. The van der Waals surface area contributed by atoms with Crippen molar-refractivity contribution in [3.8, 4) is 0 Å². The molecule has 0 bridgehead atoms. The van der Waals surface area contributed by atoms with Gasteiger partial charge >= 0.3 is 0 Å². The molecule has 0 fully saturated rings. The summed E-state index contributed by atoms with van der Waals surface area (Å²) in [5.74, 6) is -0.0472. The van der Waals surface area contributed by atoms with Crippen LogP contribution in [0.5, 0.6) is 0 Å². The standard InChI is InChI=1S/C14H19N5O/c1-19(2)14(20)12-4-3-10(15)7-13(12)17-6-5-11-8-16-9-18-11/h3-4,7-9,17H,5-6,15H2,1-2H3,(H,16,18). The van der Waals surface area contributed by atoms with Crippen LogP contribution < -0.4 is 11.1 Å². The molecule has 1 amide bonds. The summed E-state index contributed by atoms with van der Waals surface area (Å²) >= 11 is 0. The van der Waals surface area contributed by atoms with E-state index in [0.29, 0.717) is 17.8 Å². The number of anilines is 2. The molecule has 1 aromatic carbocycles. The molecule has 6 nitrogen and oxygen atoms in total. The number of nitrogens with one attached hydrogen (secondary N) is 2. The topological polar surface area (TPSA) is 87.0 Å². The van der Waals surface area contributed by atoms with E-state index >= 15 is 0 Å². The summed E-state index contributed by atoms with van der Waals surface area (Å²) in [5, 5.41) is 3.25. The van der Waals surface area contributed by atoms with Crippen molar-refractivity contribution in [1.29, 1.82) is 0 Å². The number of aromatic amines is 1. The number of H-pyrrole nitrogens is 1. The Bertz CT molecular complexity index is 577. The number of hydrogen-bond donors (Lipinski definition) is 3. The van der Waals surface area contributed by atoms with Crippen molar-refractivity contribution in [2.24, 2.45) is 0 Å². The summed E-state index contributed by atoms with van der Waals surface area (Å²) < 4.78 is 0. The van der Waals surface area contributed by atoms with E-state index in [-0.39, 0.29) is 5.91 Å². The molecule has 0 radical (unpaired) electrons. The van der Waals surface area contributed by atoms with Crippen LogP contribution in [0.15, 0.2) is 30.7 Å². The van der Waals surface area contributed by atoms with E-state index in [1.807, 2.05) is 0 Å². The molecule has 20 heavy (non-hydrogen) atoms. The van der Waals surface area contributed by atoms with E-state index in [1.165, 1.54) is 0 Å². The lowest BCUT2D eigenvalue weighted by atomic mass is 10.1. The summed E-state index contributed by atoms with van der Waals surface area (Å²) in [6, 6.07) is 5.26. The summed E-state index contributed by atoms with van der Waals surface area (Å²) in [7, 11) is 3.46. The van der Waals surface area contributed by atoms with Gasteiger partial charge in [-0.3, -0.25) is 4.79 Å². The van der Waals surface area contributed by atoms with E-state index in [4.69, 9.17) is 5.73 Å². The highest BCUT2D eigenvalue weighted by Crippen LogP contribution is 2.20. The summed E-state index contributed by atoms with van der Waals surface area (Å²) in [4.78, 5) is 20.7. The van der Waals surface area contributed by atoms with Gasteiger partial charge in [0.25, 0.3) is 5.91 Å². The molecule has 2 aromatic rings. The number of carbonyl (C=O) groups is 1. The third kappa shape index (κ3) is 3.28. The molecule has 0 unspecified atom stereocenters. The third-order valence-electron chi connectivity index (χ3n) is 2.94. The highest BCUT2D eigenvalue weighted by Gasteiger charge is 2.13. The van der Waals surface area contributed by atoms with E-state index in [9.17, 15) is 4.79 Å². The minimum atomic E-state index is -0.0472. The molecule has 106 valence electrons. The van der Waals surface area contributed by atoms with Crippen LogP contribution in [0.3, 0.4) is 0 Å². The van der Waals surface area contributed by atoms with Gasteiger partial charge in [-0.15, -0.1) is 0 Å². The number of imidazole rings is 1. The molecule has 0 aliphatic heterocycles. The second-order valence-corrected chi connectivity index (χ2v) is 4.76. The molecule has 1 aromatic heterocycles. The number of nitrogens with zero attached hydrogens (tertiary/aromatic N) is 2. The van der Waals surface area contributed by atoms with Gasteiger partial charge in [0.1, 0.15) is 0 Å². The smallest absolute Gasteiger partial charge is 0.255 e. The highest BCUT2D eigenvalue weighted by atomic mass is 16.2. The number of nitrogens with two attached hydrogens (primary N) is 1. The Kier molecular flexibility index (Phi) is 4.24. The van der Waals surface area contributed by atoms with Crippen LogP contribution >= 0.6 is 0 Å². The Balaban J connectivity index is 2.09. The number of carbonyl (C=O) groups excluding carboxylic acids is 1. The number of hydrogen-bond acceptors (Lipinski definition) is 4. The number of benzene rings is 1. The SMILES string of the molecule is CN(C)C(=O)c1ccc(N)cc1NCCc1cnc[nH]1. The molecule has 1 heterocycles. The molecular weight excluding hydrogens is 254 g/mol. The fourth-order valence-electron chi connectivity index (χ4n) is 1.89. The highest BCUT2D eigenvalue weighted by molar-refractivity contribution is 5.99. The van der Waals surface area contributed by atoms with Crippen LogP contribution in [0.25, 0.3) is 0 Å². The fourth-order valence-corrected chi connectivity index (χ4v) is 1.89. The van der Waals surface area contributed by atoms with Crippen molar-refractivity contribution in [2.45, 2.75) is 6.42 Å². The summed E-state index contributed by atoms with van der Waals surface area (Å²) in [6.07, 6.45) is 4.23. The summed E-state index contributed by atoms with van der Waals surface area (Å²) in [5.41, 5.74) is 8.83. The van der Waals surface area contributed by atoms with Crippen LogP contribution in [-0.4, -0.2) is 41.4 Å². The first-order valence-corrected chi connectivity index (χ1v) is 6.40. The predicted molar refractivity (Wildman–Crippen MR) is 79.7 cm³/mol. The van der Waals surface area contributed by atoms with Gasteiger partial charge in [0.15, 0.2) is 0 Å². The van der Waals surface area contributed by atoms with Gasteiger partial charge in [-0.1, -0.05) is 0 Å². The molecule has 0 atom stereocenters. The van der Waals surface area contributed by atoms with E-state index in [2.05, 4.69) is 15.3 Å². The molecule has 0 aliphatic rings. The maximum atomic E-state index is 12.1. The van der Waals surface area contributed by atoms with Gasteiger partial charge in [-0.05, 0) is 18.2 Å². The molecule has 0 saturated carbocycles. The van der Waals surface area contributed by atoms with E-state index < -0.39 is 0 Å². The van der Waals surface area contributed by atoms with E-state index in [1.54, 1.807) is 49.7 Å². The van der Waals surface area contributed by atoms with Crippen LogP contribution in [-0.2, 0) is 6.42 Å². The largest absolute Gasteiger partial charge is 0.399 e. The first-order chi connectivity index (χ1) is 9.58. The Morgan fingerprint density at radius 2 is 2.25 bits per heavy atom. The second kappa shape index (κ2) is 6.10. The average molecular weight is 273 g/mol. The minimum absolute atomic E-state index is 0.0472. The molecule has 0 aliphatic carbocycles. The molecule has 0 spiro atoms. The van der Waals surface area contributed by atoms with Crippen LogP contribution in [0, 0.1) is 0 Å². The van der Waals surface area contributed by atoms with Crippen LogP contribution in [0.4, 0.5) is 11.4 Å². The fraction of sp³-hybridized carbons (Fsp3) is 0.286. The maximum absolute atomic E-state index is 12.1. The van der Waals surface area contributed by atoms with Crippen molar-refractivity contribution < 1.29 is 4.79 Å². The number of aromatic nitrogens is 2. The van der Waals surface area contributed by atoms with Gasteiger partial charge in [-0.2, -0.15) is 0 Å². The van der Waals surface area contributed by atoms with Crippen molar-refractivity contribution in [2.75, 3.05) is 31.7 Å². The lowest BCUT2D eigenvalue weighted by Crippen LogP contribution is -2.23. The predicted octanol–water partition coefficient (Wildman–Crippen LogP) is 1.35. The number of nitrogen functional groups attached to an aromatic ring is 1. The first kappa shape index (κ1) is 13.9. The van der Waals surface area contributed by atoms with E-state index in [0.717, 1.165) is 17.8 Å². The van der Waals surface area contributed by atoms with Crippen molar-refractivity contribution in [3.05, 3.63) is 42.0 Å². The monoisotopic (exact) mass is 273 g/mol. The quantitative estimate of drug-likeness (QED) is 0.718.